The molecule has 0 saturated carbocycles. The second-order valence-corrected chi connectivity index (χ2v) is 5.64. The van der Waals surface area contributed by atoms with E-state index in [4.69, 9.17) is 16.3 Å². The quantitative estimate of drug-likeness (QED) is 0.858. The summed E-state index contributed by atoms with van der Waals surface area (Å²) >= 11 is 7.52. The molecule has 110 valence electrons. The van der Waals surface area contributed by atoms with Crippen molar-refractivity contribution in [3.63, 3.8) is 0 Å². The average molecular weight is 324 g/mol. The van der Waals surface area contributed by atoms with Crippen LogP contribution >= 0.6 is 22.9 Å². The maximum absolute atomic E-state index is 11.8. The van der Waals surface area contributed by atoms with E-state index in [9.17, 15) is 9.59 Å². The lowest BCUT2D eigenvalue weighted by Gasteiger charge is -2.10. The van der Waals surface area contributed by atoms with E-state index in [0.29, 0.717) is 10.7 Å². The molecule has 1 aromatic heterocycles. The number of hydrogen-bond acceptors (Lipinski definition) is 4. The standard InChI is InChI=1S/C15H14ClNO3S/c1-10-3-2-4-12(16)15(10)17-13(18)8-20-14(19)7-11-5-6-21-9-11/h2-6,9H,7-8H2,1H3,(H,17,18). The number of hydrogen-bond donors (Lipinski definition) is 1. The van der Waals surface area contributed by atoms with Crippen molar-refractivity contribution in [3.05, 3.63) is 51.2 Å². The fourth-order valence-electron chi connectivity index (χ4n) is 1.72. The van der Waals surface area contributed by atoms with Crippen molar-refractivity contribution in [1.29, 1.82) is 0 Å². The van der Waals surface area contributed by atoms with Crippen molar-refractivity contribution in [2.45, 2.75) is 13.3 Å². The summed E-state index contributed by atoms with van der Waals surface area (Å²) in [4.78, 5) is 23.4. The molecule has 4 nitrogen and oxygen atoms in total. The SMILES string of the molecule is Cc1cccc(Cl)c1NC(=O)COC(=O)Cc1ccsc1. The number of carbonyl (C=O) groups is 2. The first kappa shape index (κ1) is 15.5. The second kappa shape index (κ2) is 7.24. The van der Waals surface area contributed by atoms with Crippen molar-refractivity contribution in [1.82, 2.24) is 0 Å². The first-order valence-electron chi connectivity index (χ1n) is 6.28. The van der Waals surface area contributed by atoms with Gasteiger partial charge in [-0.1, -0.05) is 23.7 Å². The summed E-state index contributed by atoms with van der Waals surface area (Å²) < 4.78 is 4.94. The summed E-state index contributed by atoms with van der Waals surface area (Å²) in [5.41, 5.74) is 2.27. The highest BCUT2D eigenvalue weighted by atomic mass is 35.5. The third-order valence-corrected chi connectivity index (χ3v) is 3.83. The predicted octanol–water partition coefficient (Wildman–Crippen LogP) is 3.43. The normalized spacial score (nSPS) is 10.2. The Balaban J connectivity index is 1.83. The van der Waals surface area contributed by atoms with Crippen LogP contribution in [0.1, 0.15) is 11.1 Å². The van der Waals surface area contributed by atoms with Crippen LogP contribution in [0, 0.1) is 6.92 Å². The molecular formula is C15H14ClNO3S. The topological polar surface area (TPSA) is 55.4 Å². The van der Waals surface area contributed by atoms with Crippen LogP contribution in [0.3, 0.4) is 0 Å². The molecule has 6 heteroatoms. The molecule has 1 N–H and O–H groups in total. The maximum atomic E-state index is 11.8. The number of halogens is 1. The molecule has 1 heterocycles. The van der Waals surface area contributed by atoms with Crippen molar-refractivity contribution >= 4 is 40.5 Å². The number of para-hydroxylation sites is 1. The van der Waals surface area contributed by atoms with Crippen molar-refractivity contribution in [2.75, 3.05) is 11.9 Å². The zero-order valence-electron chi connectivity index (χ0n) is 11.4. The molecule has 1 aromatic carbocycles. The van der Waals surface area contributed by atoms with Gasteiger partial charge in [0.15, 0.2) is 6.61 Å². The first-order chi connectivity index (χ1) is 10.1. The van der Waals surface area contributed by atoms with Crippen LogP contribution in [-0.2, 0) is 20.7 Å². The first-order valence-corrected chi connectivity index (χ1v) is 7.60. The highest BCUT2D eigenvalue weighted by Crippen LogP contribution is 2.24. The Morgan fingerprint density at radius 2 is 2.14 bits per heavy atom. The third kappa shape index (κ3) is 4.58. The number of nitrogens with one attached hydrogen (secondary N) is 1. The smallest absolute Gasteiger partial charge is 0.310 e. The number of rotatable bonds is 5. The number of carbonyl (C=O) groups excluding carboxylic acids is 2. The van der Waals surface area contributed by atoms with E-state index < -0.39 is 11.9 Å². The molecule has 0 atom stereocenters. The van der Waals surface area contributed by atoms with Gasteiger partial charge in [-0.3, -0.25) is 9.59 Å². The number of aryl methyl sites for hydroxylation is 1. The second-order valence-electron chi connectivity index (χ2n) is 4.45. The van der Waals surface area contributed by atoms with Gasteiger partial charge in [0.2, 0.25) is 0 Å². The van der Waals surface area contributed by atoms with E-state index in [1.165, 1.54) is 11.3 Å². The van der Waals surface area contributed by atoms with Crippen LogP contribution in [0.2, 0.25) is 5.02 Å². The molecule has 0 saturated heterocycles. The van der Waals surface area contributed by atoms with E-state index in [0.717, 1.165) is 11.1 Å². The molecule has 2 aromatic rings. The van der Waals surface area contributed by atoms with E-state index in [1.54, 1.807) is 12.1 Å². The molecule has 0 bridgehead atoms. The van der Waals surface area contributed by atoms with Crippen molar-refractivity contribution in [2.24, 2.45) is 0 Å². The minimum Gasteiger partial charge on any atom is -0.455 e. The average Bonchev–Trinajstić information content (AvgIpc) is 2.94. The Morgan fingerprint density at radius 1 is 1.33 bits per heavy atom. The van der Waals surface area contributed by atoms with E-state index in [2.05, 4.69) is 5.32 Å². The number of amides is 1. The molecule has 21 heavy (non-hydrogen) atoms. The van der Waals surface area contributed by atoms with Crippen LogP contribution in [0.25, 0.3) is 0 Å². The van der Waals surface area contributed by atoms with E-state index in [-0.39, 0.29) is 13.0 Å². The predicted molar refractivity (Wildman–Crippen MR) is 83.8 cm³/mol. The van der Waals surface area contributed by atoms with Gasteiger partial charge in [0.05, 0.1) is 17.1 Å². The minimum atomic E-state index is -0.431. The van der Waals surface area contributed by atoms with Gasteiger partial charge in [0.1, 0.15) is 0 Å². The molecule has 0 aliphatic rings. The lowest BCUT2D eigenvalue weighted by atomic mass is 10.2. The molecule has 0 fully saturated rings. The summed E-state index contributed by atoms with van der Waals surface area (Å²) in [6.45, 7) is 1.51. The number of anilines is 1. The highest BCUT2D eigenvalue weighted by Gasteiger charge is 2.11. The zero-order chi connectivity index (χ0) is 15.2. The summed E-state index contributed by atoms with van der Waals surface area (Å²) in [6.07, 6.45) is 0.169. The number of ether oxygens (including phenoxy) is 1. The summed E-state index contributed by atoms with van der Waals surface area (Å²) in [7, 11) is 0. The largest absolute Gasteiger partial charge is 0.455 e. The van der Waals surface area contributed by atoms with Crippen molar-refractivity contribution in [3.8, 4) is 0 Å². The zero-order valence-corrected chi connectivity index (χ0v) is 13.0. The minimum absolute atomic E-state index is 0.169. The van der Waals surface area contributed by atoms with Gasteiger partial charge in [0, 0.05) is 0 Å². The number of benzene rings is 1. The third-order valence-electron chi connectivity index (χ3n) is 2.78. The molecule has 0 spiro atoms. The lowest BCUT2D eigenvalue weighted by Crippen LogP contribution is -2.22. The van der Waals surface area contributed by atoms with Crippen LogP contribution < -0.4 is 5.32 Å². The molecule has 0 aliphatic heterocycles. The molecule has 0 aliphatic carbocycles. The van der Waals surface area contributed by atoms with Gasteiger partial charge in [-0.05, 0) is 40.9 Å². The Hall–Kier alpha value is -1.85. The monoisotopic (exact) mass is 323 g/mol. The summed E-state index contributed by atoms with van der Waals surface area (Å²) in [5, 5.41) is 6.85. The van der Waals surface area contributed by atoms with E-state index in [1.807, 2.05) is 29.8 Å². The van der Waals surface area contributed by atoms with Gasteiger partial charge in [-0.2, -0.15) is 11.3 Å². The fourth-order valence-corrected chi connectivity index (χ4v) is 2.66. The van der Waals surface area contributed by atoms with Gasteiger partial charge in [-0.25, -0.2) is 0 Å². The van der Waals surface area contributed by atoms with Gasteiger partial charge >= 0.3 is 5.97 Å². The molecule has 0 radical (unpaired) electrons. The Bertz CT molecular complexity index is 620. The number of thiophene rings is 1. The van der Waals surface area contributed by atoms with Crippen LogP contribution in [-0.4, -0.2) is 18.5 Å². The molecule has 1 amide bonds. The van der Waals surface area contributed by atoms with Crippen LogP contribution in [0.15, 0.2) is 35.0 Å². The van der Waals surface area contributed by atoms with E-state index >= 15 is 0 Å². The maximum Gasteiger partial charge on any atom is 0.310 e. The fraction of sp³-hybridized carbons (Fsp3) is 0.200. The molecule has 2 rings (SSSR count). The lowest BCUT2D eigenvalue weighted by molar-refractivity contribution is -0.146. The highest BCUT2D eigenvalue weighted by molar-refractivity contribution is 7.07. The molecule has 0 unspecified atom stereocenters. The Kier molecular flexibility index (Phi) is 5.36. The Labute approximate surface area is 131 Å². The van der Waals surface area contributed by atoms with Crippen LogP contribution in [0.5, 0.6) is 0 Å². The number of esters is 1. The molecular weight excluding hydrogens is 310 g/mol. The van der Waals surface area contributed by atoms with Gasteiger partial charge in [0.25, 0.3) is 5.91 Å². The summed E-state index contributed by atoms with van der Waals surface area (Å²) in [6, 6.07) is 7.17. The summed E-state index contributed by atoms with van der Waals surface area (Å²) in [5.74, 6) is -0.843. The van der Waals surface area contributed by atoms with Crippen LogP contribution in [0.4, 0.5) is 5.69 Å². The van der Waals surface area contributed by atoms with Gasteiger partial charge in [-0.15, -0.1) is 0 Å². The van der Waals surface area contributed by atoms with Crippen molar-refractivity contribution < 1.29 is 14.3 Å². The van der Waals surface area contributed by atoms with Gasteiger partial charge < -0.3 is 10.1 Å². The Morgan fingerprint density at radius 3 is 2.81 bits per heavy atom.